The highest BCUT2D eigenvalue weighted by molar-refractivity contribution is 4.24. The largest absolute Gasteiger partial charge is 0.394 e. The highest BCUT2D eigenvalue weighted by Crippen LogP contribution is 1.68. The molecule has 0 spiro atoms. The lowest BCUT2D eigenvalue weighted by Crippen LogP contribution is -2.03. The molecular formula is C8H18O3. The molecule has 0 saturated carbocycles. The van der Waals surface area contributed by atoms with E-state index in [9.17, 15) is 0 Å². The number of ether oxygens (including phenoxy) is 1. The van der Waals surface area contributed by atoms with Crippen molar-refractivity contribution in [1.29, 1.82) is 0 Å². The molecule has 0 aliphatic carbocycles. The third-order valence-corrected chi connectivity index (χ3v) is 0.471. The first-order valence-electron chi connectivity index (χ1n) is 3.21. The van der Waals surface area contributed by atoms with Crippen LogP contribution in [0.15, 0.2) is 26.3 Å². The Balaban J connectivity index is -0.000000138. The maximum atomic E-state index is 8.09. The van der Waals surface area contributed by atoms with Gasteiger partial charge in [-0.15, -0.1) is 26.3 Å². The smallest absolute Gasteiger partial charge is 0.0698 e. The van der Waals surface area contributed by atoms with E-state index in [4.69, 9.17) is 10.2 Å². The van der Waals surface area contributed by atoms with Crippen LogP contribution < -0.4 is 0 Å². The van der Waals surface area contributed by atoms with E-state index in [1.165, 1.54) is 0 Å². The molecule has 0 unspecified atom stereocenters. The Morgan fingerprint density at radius 3 is 1.27 bits per heavy atom. The van der Waals surface area contributed by atoms with Crippen LogP contribution in [-0.4, -0.2) is 36.6 Å². The van der Waals surface area contributed by atoms with Gasteiger partial charge in [0.25, 0.3) is 0 Å². The van der Waals surface area contributed by atoms with Crippen LogP contribution in [0.25, 0.3) is 0 Å². The molecule has 0 aromatic rings. The average molecular weight is 162 g/mol. The third kappa shape index (κ3) is 44.9. The van der Waals surface area contributed by atoms with Crippen molar-refractivity contribution in [2.24, 2.45) is 0 Å². The topological polar surface area (TPSA) is 49.7 Å². The van der Waals surface area contributed by atoms with E-state index in [-0.39, 0.29) is 13.2 Å². The van der Waals surface area contributed by atoms with Gasteiger partial charge in [0.05, 0.1) is 26.4 Å². The fraction of sp³-hybridized carbons (Fsp3) is 0.500. The van der Waals surface area contributed by atoms with Gasteiger partial charge in [0.15, 0.2) is 0 Å². The maximum absolute atomic E-state index is 8.09. The molecule has 68 valence electrons. The van der Waals surface area contributed by atoms with Gasteiger partial charge in [-0.1, -0.05) is 0 Å². The molecule has 0 heterocycles. The molecule has 0 atom stereocenters. The Morgan fingerprint density at radius 1 is 0.818 bits per heavy atom. The molecule has 0 aromatic heterocycles. The normalized spacial score (nSPS) is 6.73. The first kappa shape index (κ1) is 16.8. The number of aliphatic hydroxyl groups is 2. The number of hydrogen-bond acceptors (Lipinski definition) is 3. The molecular weight excluding hydrogens is 144 g/mol. The van der Waals surface area contributed by atoms with E-state index < -0.39 is 0 Å². The molecule has 2 N–H and O–H groups in total. The van der Waals surface area contributed by atoms with Crippen LogP contribution in [0, 0.1) is 0 Å². The van der Waals surface area contributed by atoms with E-state index in [0.717, 1.165) is 0 Å². The summed E-state index contributed by atoms with van der Waals surface area (Å²) < 4.78 is 4.63. The molecule has 3 nitrogen and oxygen atoms in total. The molecule has 11 heavy (non-hydrogen) atoms. The van der Waals surface area contributed by atoms with Crippen LogP contribution in [0.4, 0.5) is 0 Å². The molecule has 0 fully saturated rings. The SMILES string of the molecule is C=C.C=C.OCCOCCO. The monoisotopic (exact) mass is 162 g/mol. The number of aliphatic hydroxyl groups excluding tert-OH is 2. The zero-order valence-corrected chi connectivity index (χ0v) is 6.96. The third-order valence-electron chi connectivity index (χ3n) is 0.471. The highest BCUT2D eigenvalue weighted by atomic mass is 16.5. The summed E-state index contributed by atoms with van der Waals surface area (Å²) in [6, 6.07) is 0. The summed E-state index contributed by atoms with van der Waals surface area (Å²) in [5.41, 5.74) is 0. The lowest BCUT2D eigenvalue weighted by Gasteiger charge is -1.94. The van der Waals surface area contributed by atoms with Crippen molar-refractivity contribution in [2.75, 3.05) is 26.4 Å². The first-order valence-corrected chi connectivity index (χ1v) is 3.21. The van der Waals surface area contributed by atoms with E-state index in [1.54, 1.807) is 0 Å². The summed E-state index contributed by atoms with van der Waals surface area (Å²) in [6.45, 7) is 12.7. The molecule has 0 amide bonds. The van der Waals surface area contributed by atoms with Gasteiger partial charge in [0, 0.05) is 0 Å². The fourth-order valence-corrected chi connectivity index (χ4v) is 0.231. The maximum Gasteiger partial charge on any atom is 0.0698 e. The van der Waals surface area contributed by atoms with Gasteiger partial charge >= 0.3 is 0 Å². The predicted molar refractivity (Wildman–Crippen MR) is 47.5 cm³/mol. The summed E-state index contributed by atoms with van der Waals surface area (Å²) in [7, 11) is 0. The highest BCUT2D eigenvalue weighted by Gasteiger charge is 1.79. The lowest BCUT2D eigenvalue weighted by molar-refractivity contribution is 0.0650. The number of hydrogen-bond donors (Lipinski definition) is 2. The van der Waals surface area contributed by atoms with Crippen molar-refractivity contribution in [3.05, 3.63) is 26.3 Å². The first-order chi connectivity index (χ1) is 5.41. The van der Waals surface area contributed by atoms with Gasteiger partial charge in [-0.3, -0.25) is 0 Å². The molecule has 0 radical (unpaired) electrons. The van der Waals surface area contributed by atoms with Crippen molar-refractivity contribution < 1.29 is 14.9 Å². The van der Waals surface area contributed by atoms with Crippen molar-refractivity contribution >= 4 is 0 Å². The second-order valence-corrected chi connectivity index (χ2v) is 1.06. The average Bonchev–Trinajstić information content (AvgIpc) is 2.13. The van der Waals surface area contributed by atoms with E-state index in [0.29, 0.717) is 13.2 Å². The molecule has 0 saturated heterocycles. The molecule has 0 aliphatic heterocycles. The van der Waals surface area contributed by atoms with E-state index in [1.807, 2.05) is 0 Å². The van der Waals surface area contributed by atoms with Gasteiger partial charge < -0.3 is 14.9 Å². The Bertz CT molecular complexity index is 42.6. The van der Waals surface area contributed by atoms with Gasteiger partial charge in [-0.2, -0.15) is 0 Å². The van der Waals surface area contributed by atoms with E-state index >= 15 is 0 Å². The van der Waals surface area contributed by atoms with Crippen molar-refractivity contribution in [3.63, 3.8) is 0 Å². The minimum absolute atomic E-state index is 0.0278. The summed E-state index contributed by atoms with van der Waals surface area (Å²) in [4.78, 5) is 0. The van der Waals surface area contributed by atoms with Crippen LogP contribution in [-0.2, 0) is 4.74 Å². The molecule has 0 rings (SSSR count). The summed E-state index contributed by atoms with van der Waals surface area (Å²) >= 11 is 0. The standard InChI is InChI=1S/C4H10O3.2C2H4/c5-1-3-7-4-2-6;2*1-2/h5-6H,1-4H2;2*1-2H2. The second kappa shape index (κ2) is 34.4. The van der Waals surface area contributed by atoms with Crippen LogP contribution >= 0.6 is 0 Å². The molecule has 0 aliphatic rings. The molecule has 0 bridgehead atoms. The lowest BCUT2D eigenvalue weighted by atomic mass is 10.7. The van der Waals surface area contributed by atoms with E-state index in [2.05, 4.69) is 31.1 Å². The van der Waals surface area contributed by atoms with Crippen molar-refractivity contribution in [2.45, 2.75) is 0 Å². The quantitative estimate of drug-likeness (QED) is 0.470. The van der Waals surface area contributed by atoms with Gasteiger partial charge in [0.1, 0.15) is 0 Å². The minimum atomic E-state index is 0.0278. The molecule has 0 aromatic carbocycles. The summed E-state index contributed by atoms with van der Waals surface area (Å²) in [5.74, 6) is 0. The van der Waals surface area contributed by atoms with Crippen LogP contribution in [0.1, 0.15) is 0 Å². The zero-order chi connectivity index (χ0) is 9.54. The van der Waals surface area contributed by atoms with Crippen molar-refractivity contribution in [3.8, 4) is 0 Å². The summed E-state index contributed by atoms with van der Waals surface area (Å²) in [5, 5.41) is 16.2. The van der Waals surface area contributed by atoms with Crippen molar-refractivity contribution in [1.82, 2.24) is 0 Å². The minimum Gasteiger partial charge on any atom is -0.394 e. The Labute approximate surface area is 68.6 Å². The Morgan fingerprint density at radius 2 is 1.09 bits per heavy atom. The number of rotatable bonds is 4. The van der Waals surface area contributed by atoms with Crippen LogP contribution in [0.2, 0.25) is 0 Å². The Hall–Kier alpha value is -0.640. The summed E-state index contributed by atoms with van der Waals surface area (Å²) in [6.07, 6.45) is 0. The van der Waals surface area contributed by atoms with Crippen LogP contribution in [0.3, 0.4) is 0 Å². The zero-order valence-electron chi connectivity index (χ0n) is 6.96. The Kier molecular flexibility index (Phi) is 52.4. The van der Waals surface area contributed by atoms with Crippen LogP contribution in [0.5, 0.6) is 0 Å². The van der Waals surface area contributed by atoms with Gasteiger partial charge in [-0.25, -0.2) is 0 Å². The fourth-order valence-electron chi connectivity index (χ4n) is 0.231. The van der Waals surface area contributed by atoms with Gasteiger partial charge in [-0.05, 0) is 0 Å². The molecule has 3 heteroatoms. The second-order valence-electron chi connectivity index (χ2n) is 1.06. The predicted octanol–water partition coefficient (Wildman–Crippen LogP) is 0.592. The van der Waals surface area contributed by atoms with Gasteiger partial charge in [0.2, 0.25) is 0 Å².